The van der Waals surface area contributed by atoms with Gasteiger partial charge in [0.05, 0.1) is 10.0 Å². The van der Waals surface area contributed by atoms with Crippen LogP contribution in [0.25, 0.3) is 11.1 Å². The second kappa shape index (κ2) is 7.25. The highest BCUT2D eigenvalue weighted by molar-refractivity contribution is 6.42. The van der Waals surface area contributed by atoms with Gasteiger partial charge in [-0.25, -0.2) is 0 Å². The number of pyridine rings is 1. The number of nitrogens with zero attached hydrogens (tertiary/aromatic N) is 1. The molecule has 0 amide bonds. The van der Waals surface area contributed by atoms with Crippen LogP contribution in [0.15, 0.2) is 54.9 Å². The second-order valence-corrected chi connectivity index (χ2v) is 6.51. The van der Waals surface area contributed by atoms with E-state index < -0.39 is 0 Å². The van der Waals surface area contributed by atoms with Crippen LogP contribution in [0, 0.1) is 13.8 Å². The molecular weight excluding hydrogens is 341 g/mol. The van der Waals surface area contributed by atoms with Crippen molar-refractivity contribution < 1.29 is 4.74 Å². The summed E-state index contributed by atoms with van der Waals surface area (Å²) in [6.45, 7) is 4.61. The van der Waals surface area contributed by atoms with Crippen LogP contribution >= 0.6 is 23.2 Å². The molecule has 0 saturated carbocycles. The number of halogens is 2. The zero-order valence-electron chi connectivity index (χ0n) is 13.5. The minimum Gasteiger partial charge on any atom is -0.489 e. The van der Waals surface area contributed by atoms with Crippen molar-refractivity contribution in [2.75, 3.05) is 0 Å². The summed E-state index contributed by atoms with van der Waals surface area (Å²) >= 11 is 12.1. The third-order valence-electron chi connectivity index (χ3n) is 4.00. The molecule has 2 nitrogen and oxygen atoms in total. The van der Waals surface area contributed by atoms with Gasteiger partial charge >= 0.3 is 0 Å². The molecule has 0 N–H and O–H groups in total. The highest BCUT2D eigenvalue weighted by atomic mass is 35.5. The molecule has 0 spiro atoms. The molecule has 0 fully saturated rings. The monoisotopic (exact) mass is 357 g/mol. The Bertz CT molecular complexity index is 877. The summed E-state index contributed by atoms with van der Waals surface area (Å²) in [5.41, 5.74) is 5.34. The maximum Gasteiger partial charge on any atom is 0.122 e. The normalized spacial score (nSPS) is 10.7. The van der Waals surface area contributed by atoms with Gasteiger partial charge < -0.3 is 4.74 Å². The molecule has 0 unspecified atom stereocenters. The first kappa shape index (κ1) is 16.8. The molecule has 2 aromatic carbocycles. The SMILES string of the molecule is Cc1cccc(OCc2cncc(-c3ccc(Cl)c(Cl)c3)c2)c1C. The maximum absolute atomic E-state index is 6.10. The van der Waals surface area contributed by atoms with E-state index in [0.717, 1.165) is 28.0 Å². The Balaban J connectivity index is 1.80. The van der Waals surface area contributed by atoms with Crippen molar-refractivity contribution >= 4 is 23.2 Å². The molecule has 0 atom stereocenters. The smallest absolute Gasteiger partial charge is 0.122 e. The standard InChI is InChI=1S/C20H17Cl2NO/c1-13-4-3-5-20(14(13)2)24-12-15-8-17(11-23-10-15)16-6-7-18(21)19(22)9-16/h3-11H,12H2,1-2H3. The Labute approximate surface area is 152 Å². The largest absolute Gasteiger partial charge is 0.489 e. The average molecular weight is 358 g/mol. The van der Waals surface area contributed by atoms with Crippen LogP contribution < -0.4 is 4.74 Å². The number of rotatable bonds is 4. The fourth-order valence-electron chi connectivity index (χ4n) is 2.44. The molecule has 0 aliphatic carbocycles. The molecule has 3 aromatic rings. The Morgan fingerprint density at radius 2 is 1.75 bits per heavy atom. The zero-order valence-corrected chi connectivity index (χ0v) is 15.0. The highest BCUT2D eigenvalue weighted by Gasteiger charge is 2.06. The predicted molar refractivity (Wildman–Crippen MR) is 99.9 cm³/mol. The van der Waals surface area contributed by atoms with Crippen molar-refractivity contribution in [1.29, 1.82) is 0 Å². The van der Waals surface area contributed by atoms with E-state index in [9.17, 15) is 0 Å². The molecule has 3 rings (SSSR count). The molecule has 0 bridgehead atoms. The van der Waals surface area contributed by atoms with E-state index in [2.05, 4.69) is 31.0 Å². The van der Waals surface area contributed by atoms with Gasteiger partial charge in [-0.15, -0.1) is 0 Å². The van der Waals surface area contributed by atoms with E-state index in [1.54, 1.807) is 12.3 Å². The summed E-state index contributed by atoms with van der Waals surface area (Å²) < 4.78 is 5.95. The molecule has 24 heavy (non-hydrogen) atoms. The minimum absolute atomic E-state index is 0.465. The van der Waals surface area contributed by atoms with Crippen molar-refractivity contribution in [2.45, 2.75) is 20.5 Å². The molecule has 0 aliphatic heterocycles. The van der Waals surface area contributed by atoms with Crippen molar-refractivity contribution in [3.63, 3.8) is 0 Å². The van der Waals surface area contributed by atoms with Crippen LogP contribution in [0.2, 0.25) is 10.0 Å². The Kier molecular flexibility index (Phi) is 5.08. The molecule has 0 aliphatic rings. The molecule has 1 aromatic heterocycles. The van der Waals surface area contributed by atoms with Gasteiger partial charge in [-0.05, 0) is 54.8 Å². The van der Waals surface area contributed by atoms with Gasteiger partial charge in [0, 0.05) is 23.5 Å². The Morgan fingerprint density at radius 1 is 0.917 bits per heavy atom. The number of hydrogen-bond acceptors (Lipinski definition) is 2. The summed E-state index contributed by atoms with van der Waals surface area (Å²) in [6, 6.07) is 13.7. The van der Waals surface area contributed by atoms with Gasteiger partial charge in [0.1, 0.15) is 12.4 Å². The lowest BCUT2D eigenvalue weighted by molar-refractivity contribution is 0.303. The molecular formula is C20H17Cl2NO. The summed E-state index contributed by atoms with van der Waals surface area (Å²) in [5.74, 6) is 0.898. The van der Waals surface area contributed by atoms with Crippen LogP contribution in [0.3, 0.4) is 0 Å². The lowest BCUT2D eigenvalue weighted by atomic mass is 10.1. The summed E-state index contributed by atoms with van der Waals surface area (Å²) in [6.07, 6.45) is 3.62. The molecule has 0 radical (unpaired) electrons. The average Bonchev–Trinajstić information content (AvgIpc) is 2.59. The topological polar surface area (TPSA) is 22.1 Å². The number of hydrogen-bond donors (Lipinski definition) is 0. The molecule has 122 valence electrons. The number of aromatic nitrogens is 1. The van der Waals surface area contributed by atoms with Gasteiger partial charge in [0.2, 0.25) is 0 Å². The first-order valence-electron chi connectivity index (χ1n) is 7.63. The fraction of sp³-hybridized carbons (Fsp3) is 0.150. The Morgan fingerprint density at radius 3 is 2.54 bits per heavy atom. The molecule has 1 heterocycles. The number of aryl methyl sites for hydroxylation is 1. The summed E-state index contributed by atoms with van der Waals surface area (Å²) in [4.78, 5) is 4.31. The van der Waals surface area contributed by atoms with Crippen LogP contribution in [0.5, 0.6) is 5.75 Å². The second-order valence-electron chi connectivity index (χ2n) is 5.70. The van der Waals surface area contributed by atoms with Crippen molar-refractivity contribution in [3.8, 4) is 16.9 Å². The third kappa shape index (κ3) is 3.72. The fourth-order valence-corrected chi connectivity index (χ4v) is 2.74. The van der Waals surface area contributed by atoms with E-state index in [4.69, 9.17) is 27.9 Å². The van der Waals surface area contributed by atoms with Gasteiger partial charge in [0.25, 0.3) is 0 Å². The summed E-state index contributed by atoms with van der Waals surface area (Å²) in [7, 11) is 0. The predicted octanol–water partition coefficient (Wildman–Crippen LogP) is 6.25. The lowest BCUT2D eigenvalue weighted by Crippen LogP contribution is -1.99. The van der Waals surface area contributed by atoms with Crippen LogP contribution in [-0.4, -0.2) is 4.98 Å². The van der Waals surface area contributed by atoms with Gasteiger partial charge in [-0.3, -0.25) is 4.98 Å². The van der Waals surface area contributed by atoms with Crippen molar-refractivity contribution in [3.05, 3.63) is 81.6 Å². The van der Waals surface area contributed by atoms with E-state index in [-0.39, 0.29) is 0 Å². The number of benzene rings is 2. The first-order chi connectivity index (χ1) is 11.5. The minimum atomic E-state index is 0.465. The van der Waals surface area contributed by atoms with Gasteiger partial charge in [-0.1, -0.05) is 41.4 Å². The van der Waals surface area contributed by atoms with Crippen LogP contribution in [0.1, 0.15) is 16.7 Å². The van der Waals surface area contributed by atoms with Crippen molar-refractivity contribution in [1.82, 2.24) is 4.98 Å². The molecule has 0 saturated heterocycles. The lowest BCUT2D eigenvalue weighted by Gasteiger charge is -2.11. The number of ether oxygens (including phenoxy) is 1. The van der Waals surface area contributed by atoms with E-state index >= 15 is 0 Å². The van der Waals surface area contributed by atoms with E-state index in [1.165, 1.54) is 5.56 Å². The molecule has 4 heteroatoms. The van der Waals surface area contributed by atoms with E-state index in [0.29, 0.717) is 16.7 Å². The van der Waals surface area contributed by atoms with Crippen LogP contribution in [0.4, 0.5) is 0 Å². The van der Waals surface area contributed by atoms with Crippen LogP contribution in [-0.2, 0) is 6.61 Å². The van der Waals surface area contributed by atoms with E-state index in [1.807, 2.05) is 30.5 Å². The quantitative estimate of drug-likeness (QED) is 0.550. The van der Waals surface area contributed by atoms with Gasteiger partial charge in [-0.2, -0.15) is 0 Å². The summed E-state index contributed by atoms with van der Waals surface area (Å²) in [5, 5.41) is 1.08. The van der Waals surface area contributed by atoms with Gasteiger partial charge in [0.15, 0.2) is 0 Å². The first-order valence-corrected chi connectivity index (χ1v) is 8.38. The van der Waals surface area contributed by atoms with Crippen molar-refractivity contribution in [2.24, 2.45) is 0 Å². The zero-order chi connectivity index (χ0) is 17.1. The maximum atomic E-state index is 6.10. The third-order valence-corrected chi connectivity index (χ3v) is 4.74. The Hall–Kier alpha value is -2.03. The highest BCUT2D eigenvalue weighted by Crippen LogP contribution is 2.29.